The molecule has 0 radical (unpaired) electrons. The molecule has 3 aromatic rings. The number of fused-ring (bicyclic) bond motifs is 1. The molecule has 0 spiro atoms. The highest BCUT2D eigenvalue weighted by molar-refractivity contribution is 9.10. The minimum absolute atomic E-state index is 0.0461. The van der Waals surface area contributed by atoms with Gasteiger partial charge >= 0.3 is 0 Å². The third-order valence-corrected chi connectivity index (χ3v) is 11.3. The molecule has 138 valence electrons. The number of hydrogen-bond acceptors (Lipinski definition) is 2. The molecule has 0 saturated heterocycles. The fraction of sp³-hybridized carbons (Fsp3) is 0.333. The van der Waals surface area contributed by atoms with E-state index in [4.69, 9.17) is 4.43 Å². The first-order chi connectivity index (χ1) is 12.1. The van der Waals surface area contributed by atoms with Crippen molar-refractivity contribution in [2.24, 2.45) is 0 Å². The molecule has 0 fully saturated rings. The normalized spacial score (nSPS) is 14.0. The van der Waals surface area contributed by atoms with Crippen LogP contribution in [0.1, 0.15) is 37.3 Å². The van der Waals surface area contributed by atoms with E-state index < -0.39 is 14.4 Å². The van der Waals surface area contributed by atoms with Crippen LogP contribution in [0.15, 0.2) is 53.0 Å². The SMILES string of the molecule is CC(C)(C)[Si](C)(C)OC(c1cc2ccccc2s1)c1cc(Br)ccc1F. The highest BCUT2D eigenvalue weighted by Crippen LogP contribution is 2.44. The first kappa shape index (κ1) is 19.7. The Morgan fingerprint density at radius 3 is 2.42 bits per heavy atom. The van der Waals surface area contributed by atoms with Gasteiger partial charge in [-0.15, -0.1) is 11.3 Å². The Labute approximate surface area is 168 Å². The number of rotatable bonds is 4. The van der Waals surface area contributed by atoms with Crippen molar-refractivity contribution in [3.63, 3.8) is 0 Å². The highest BCUT2D eigenvalue weighted by atomic mass is 79.9. The second kappa shape index (κ2) is 7.19. The van der Waals surface area contributed by atoms with E-state index in [2.05, 4.69) is 68.0 Å². The van der Waals surface area contributed by atoms with E-state index in [9.17, 15) is 4.39 Å². The number of halogens is 2. The Balaban J connectivity index is 2.14. The van der Waals surface area contributed by atoms with E-state index in [1.807, 2.05) is 18.2 Å². The summed E-state index contributed by atoms with van der Waals surface area (Å²) in [6.07, 6.45) is -0.397. The Bertz CT molecular complexity index is 896. The zero-order valence-corrected chi connectivity index (χ0v) is 19.2. The van der Waals surface area contributed by atoms with Crippen LogP contribution in [-0.2, 0) is 4.43 Å². The van der Waals surface area contributed by atoms with Crippen molar-refractivity contribution in [2.45, 2.75) is 45.0 Å². The Hall–Kier alpha value is -1.01. The average Bonchev–Trinajstić information content (AvgIpc) is 2.98. The minimum Gasteiger partial charge on any atom is -0.405 e. The summed E-state index contributed by atoms with van der Waals surface area (Å²) < 4.78 is 23.5. The van der Waals surface area contributed by atoms with E-state index >= 15 is 0 Å². The fourth-order valence-electron chi connectivity index (χ4n) is 2.59. The molecule has 1 heterocycles. The molecule has 0 bridgehead atoms. The van der Waals surface area contributed by atoms with E-state index in [-0.39, 0.29) is 10.9 Å². The van der Waals surface area contributed by atoms with Crippen molar-refractivity contribution in [2.75, 3.05) is 0 Å². The molecule has 5 heteroatoms. The molecule has 0 aliphatic rings. The Morgan fingerprint density at radius 1 is 1.08 bits per heavy atom. The summed E-state index contributed by atoms with van der Waals surface area (Å²) in [4.78, 5) is 1.05. The summed E-state index contributed by atoms with van der Waals surface area (Å²) in [7, 11) is -2.10. The van der Waals surface area contributed by atoms with Crippen molar-refractivity contribution < 1.29 is 8.82 Å². The van der Waals surface area contributed by atoms with Gasteiger partial charge in [0.2, 0.25) is 0 Å². The van der Waals surface area contributed by atoms with Gasteiger partial charge in [0, 0.05) is 19.6 Å². The minimum atomic E-state index is -2.10. The summed E-state index contributed by atoms with van der Waals surface area (Å²) in [5.74, 6) is -0.227. The predicted octanol–water partition coefficient (Wildman–Crippen LogP) is 7.91. The van der Waals surface area contributed by atoms with Crippen molar-refractivity contribution in [3.8, 4) is 0 Å². The maximum atomic E-state index is 14.8. The molecule has 0 N–H and O–H groups in total. The summed E-state index contributed by atoms with van der Waals surface area (Å²) >= 11 is 5.16. The first-order valence-electron chi connectivity index (χ1n) is 8.70. The molecular formula is C21H24BrFOSSi. The molecule has 1 nitrogen and oxygen atoms in total. The van der Waals surface area contributed by atoms with E-state index in [0.29, 0.717) is 5.56 Å². The molecule has 2 aromatic carbocycles. The number of hydrogen-bond donors (Lipinski definition) is 0. The van der Waals surface area contributed by atoms with Crippen LogP contribution in [0.5, 0.6) is 0 Å². The van der Waals surface area contributed by atoms with Crippen LogP contribution in [0.3, 0.4) is 0 Å². The molecule has 26 heavy (non-hydrogen) atoms. The first-order valence-corrected chi connectivity index (χ1v) is 13.2. The summed E-state index contributed by atoms with van der Waals surface area (Å²) in [6, 6.07) is 15.5. The third-order valence-electron chi connectivity index (χ3n) is 5.16. The van der Waals surface area contributed by atoms with Crippen LogP contribution in [0, 0.1) is 5.82 Å². The van der Waals surface area contributed by atoms with Crippen LogP contribution >= 0.6 is 27.3 Å². The Morgan fingerprint density at radius 2 is 1.77 bits per heavy atom. The van der Waals surface area contributed by atoms with Gasteiger partial charge in [-0.25, -0.2) is 4.39 Å². The van der Waals surface area contributed by atoms with Gasteiger partial charge in [-0.3, -0.25) is 0 Å². The van der Waals surface area contributed by atoms with Crippen molar-refractivity contribution >= 4 is 45.7 Å². The monoisotopic (exact) mass is 450 g/mol. The summed E-state index contributed by atoms with van der Waals surface area (Å²) in [6.45, 7) is 11.0. The van der Waals surface area contributed by atoms with Gasteiger partial charge in [0.1, 0.15) is 11.9 Å². The van der Waals surface area contributed by atoms with Crippen LogP contribution in [0.2, 0.25) is 18.1 Å². The van der Waals surface area contributed by atoms with Crippen molar-refractivity contribution in [1.29, 1.82) is 0 Å². The van der Waals surface area contributed by atoms with Gasteiger partial charge in [0.05, 0.1) is 0 Å². The molecule has 0 aliphatic heterocycles. The van der Waals surface area contributed by atoms with Gasteiger partial charge in [0.15, 0.2) is 8.32 Å². The Kier molecular flexibility index (Phi) is 5.46. The zero-order valence-electron chi connectivity index (χ0n) is 15.8. The zero-order chi connectivity index (χ0) is 19.1. The lowest BCUT2D eigenvalue weighted by Gasteiger charge is -2.39. The van der Waals surface area contributed by atoms with Crippen LogP contribution in [0.4, 0.5) is 4.39 Å². The van der Waals surface area contributed by atoms with E-state index in [1.54, 1.807) is 17.4 Å². The van der Waals surface area contributed by atoms with Crippen molar-refractivity contribution in [1.82, 2.24) is 0 Å². The second-order valence-electron chi connectivity index (χ2n) is 8.11. The molecule has 1 unspecified atom stereocenters. The van der Waals surface area contributed by atoms with E-state index in [1.165, 1.54) is 16.2 Å². The largest absolute Gasteiger partial charge is 0.405 e. The highest BCUT2D eigenvalue weighted by Gasteiger charge is 2.40. The number of thiophene rings is 1. The quantitative estimate of drug-likeness (QED) is 0.366. The van der Waals surface area contributed by atoms with Gasteiger partial charge in [-0.1, -0.05) is 54.9 Å². The molecule has 1 atom stereocenters. The van der Waals surface area contributed by atoms with Crippen LogP contribution in [0.25, 0.3) is 10.1 Å². The summed E-state index contributed by atoms with van der Waals surface area (Å²) in [5.41, 5.74) is 0.593. The van der Waals surface area contributed by atoms with Crippen molar-refractivity contribution in [3.05, 3.63) is 69.3 Å². The standard InChI is InChI=1S/C21H24BrFOSSi/c1-21(2,3)26(4,5)24-20(16-13-15(22)10-11-17(16)23)19-12-14-8-6-7-9-18(14)25-19/h6-13,20H,1-5H3. The van der Waals surface area contributed by atoms with Gasteiger partial charge in [-0.2, -0.15) is 0 Å². The lowest BCUT2D eigenvalue weighted by molar-refractivity contribution is 0.220. The van der Waals surface area contributed by atoms with E-state index in [0.717, 1.165) is 9.35 Å². The maximum Gasteiger partial charge on any atom is 0.193 e. The third kappa shape index (κ3) is 3.96. The fourth-order valence-corrected chi connectivity index (χ4v) is 5.37. The molecule has 0 amide bonds. The maximum absolute atomic E-state index is 14.8. The average molecular weight is 451 g/mol. The van der Waals surface area contributed by atoms with Crippen LogP contribution < -0.4 is 0 Å². The summed E-state index contributed by atoms with van der Waals surface area (Å²) in [5, 5.41) is 1.22. The molecule has 0 saturated carbocycles. The molecular weight excluding hydrogens is 427 g/mol. The molecule has 0 aliphatic carbocycles. The lowest BCUT2D eigenvalue weighted by atomic mass is 10.1. The predicted molar refractivity (Wildman–Crippen MR) is 116 cm³/mol. The lowest BCUT2D eigenvalue weighted by Crippen LogP contribution is -2.42. The van der Waals surface area contributed by atoms with Gasteiger partial charge in [0.25, 0.3) is 0 Å². The van der Waals surface area contributed by atoms with Crippen LogP contribution in [-0.4, -0.2) is 8.32 Å². The van der Waals surface area contributed by atoms with Gasteiger partial charge < -0.3 is 4.43 Å². The molecule has 3 rings (SSSR count). The topological polar surface area (TPSA) is 9.23 Å². The second-order valence-corrected chi connectivity index (χ2v) is 14.9. The smallest absolute Gasteiger partial charge is 0.193 e. The van der Waals surface area contributed by atoms with Gasteiger partial charge in [-0.05, 0) is 53.9 Å². The number of benzene rings is 2. The molecule has 1 aromatic heterocycles.